The van der Waals surface area contributed by atoms with Gasteiger partial charge in [0.2, 0.25) is 0 Å². The minimum atomic E-state index is -0.113. The minimum Gasteiger partial charge on any atom is -0.394 e. The Balaban J connectivity index is 3.23. The molecule has 0 fully saturated rings. The first-order valence-electron chi connectivity index (χ1n) is 6.23. The van der Waals surface area contributed by atoms with Crippen molar-refractivity contribution >= 4 is 11.6 Å². The van der Waals surface area contributed by atoms with Crippen LogP contribution in [0.1, 0.15) is 39.1 Å². The highest BCUT2D eigenvalue weighted by Crippen LogP contribution is 2.26. The molecule has 0 radical (unpaired) electrons. The molecular weight excluding hydrogens is 228 g/mol. The fraction of sp³-hybridized carbons (Fsp3) is 0.692. The van der Waals surface area contributed by atoms with Gasteiger partial charge in [-0.3, -0.25) is 0 Å². The summed E-state index contributed by atoms with van der Waals surface area (Å²) in [5.41, 5.74) is 0.851. The lowest BCUT2D eigenvalue weighted by Gasteiger charge is -2.22. The van der Waals surface area contributed by atoms with E-state index in [2.05, 4.69) is 41.4 Å². The number of aliphatic hydroxyl groups excluding tert-OH is 1. The van der Waals surface area contributed by atoms with Crippen LogP contribution in [-0.4, -0.2) is 34.8 Å². The summed E-state index contributed by atoms with van der Waals surface area (Å²) in [5.74, 6) is 2.38. The molecule has 0 aliphatic heterocycles. The van der Waals surface area contributed by atoms with Gasteiger partial charge in [0.15, 0.2) is 0 Å². The summed E-state index contributed by atoms with van der Waals surface area (Å²) in [7, 11) is 1.85. The number of rotatable bonds is 4. The fourth-order valence-corrected chi connectivity index (χ4v) is 1.52. The SMILES string of the molecule is CNc1nc(C(C)(C)C)nc(NC(C)CO)c1C. The molecule has 1 atom stereocenters. The maximum Gasteiger partial charge on any atom is 0.138 e. The third-order valence-electron chi connectivity index (χ3n) is 2.71. The highest BCUT2D eigenvalue weighted by atomic mass is 16.3. The Hall–Kier alpha value is -1.36. The van der Waals surface area contributed by atoms with Crippen LogP contribution < -0.4 is 10.6 Å². The molecule has 5 heteroatoms. The summed E-state index contributed by atoms with van der Waals surface area (Å²) in [6.45, 7) is 10.2. The molecule has 0 saturated heterocycles. The lowest BCUT2D eigenvalue weighted by atomic mass is 9.95. The molecule has 0 aromatic carbocycles. The van der Waals surface area contributed by atoms with Gasteiger partial charge in [0.1, 0.15) is 17.5 Å². The molecule has 1 aromatic rings. The van der Waals surface area contributed by atoms with E-state index in [0.717, 1.165) is 23.0 Å². The second-order valence-electron chi connectivity index (χ2n) is 5.60. The summed E-state index contributed by atoms with van der Waals surface area (Å²) in [5, 5.41) is 15.4. The van der Waals surface area contributed by atoms with Gasteiger partial charge in [0.25, 0.3) is 0 Å². The molecule has 0 spiro atoms. The molecule has 1 unspecified atom stereocenters. The predicted octanol–water partition coefficient (Wildman–Crippen LogP) is 1.92. The Morgan fingerprint density at radius 3 is 2.22 bits per heavy atom. The second kappa shape index (κ2) is 5.52. The van der Waals surface area contributed by atoms with Crippen LogP contribution in [0.4, 0.5) is 11.6 Å². The maximum absolute atomic E-state index is 9.12. The molecule has 1 heterocycles. The van der Waals surface area contributed by atoms with Gasteiger partial charge in [0, 0.05) is 24.1 Å². The van der Waals surface area contributed by atoms with Gasteiger partial charge < -0.3 is 15.7 Å². The Morgan fingerprint density at radius 2 is 1.78 bits per heavy atom. The summed E-state index contributed by atoms with van der Waals surface area (Å²) in [6.07, 6.45) is 0. The van der Waals surface area contributed by atoms with Crippen LogP contribution in [0.15, 0.2) is 0 Å². The number of nitrogens with one attached hydrogen (secondary N) is 2. The first-order chi connectivity index (χ1) is 8.29. The van der Waals surface area contributed by atoms with E-state index in [1.807, 2.05) is 20.9 Å². The lowest BCUT2D eigenvalue weighted by Crippen LogP contribution is -2.24. The van der Waals surface area contributed by atoms with E-state index < -0.39 is 0 Å². The number of aliphatic hydroxyl groups is 1. The largest absolute Gasteiger partial charge is 0.394 e. The quantitative estimate of drug-likeness (QED) is 0.763. The van der Waals surface area contributed by atoms with E-state index in [4.69, 9.17) is 5.11 Å². The molecule has 0 saturated carbocycles. The van der Waals surface area contributed by atoms with Crippen LogP contribution in [0.25, 0.3) is 0 Å². The molecule has 0 bridgehead atoms. The van der Waals surface area contributed by atoms with Gasteiger partial charge in [0.05, 0.1) is 6.61 Å². The van der Waals surface area contributed by atoms with Gasteiger partial charge in [-0.25, -0.2) is 9.97 Å². The molecule has 18 heavy (non-hydrogen) atoms. The average molecular weight is 252 g/mol. The summed E-state index contributed by atoms with van der Waals surface area (Å²) >= 11 is 0. The standard InChI is InChI=1S/C13H24N4O/c1-8(7-18)15-11-9(2)10(14-6)16-12(17-11)13(3,4)5/h8,18H,7H2,1-6H3,(H2,14,15,16,17). The van der Waals surface area contributed by atoms with Crippen molar-refractivity contribution in [1.29, 1.82) is 0 Å². The van der Waals surface area contributed by atoms with Crippen LogP contribution in [-0.2, 0) is 5.41 Å². The molecule has 0 aliphatic carbocycles. The van der Waals surface area contributed by atoms with Crippen LogP contribution in [0.3, 0.4) is 0 Å². The normalized spacial score (nSPS) is 13.3. The highest BCUT2D eigenvalue weighted by Gasteiger charge is 2.21. The van der Waals surface area contributed by atoms with Gasteiger partial charge in [-0.1, -0.05) is 20.8 Å². The fourth-order valence-electron chi connectivity index (χ4n) is 1.52. The van der Waals surface area contributed by atoms with E-state index in [1.54, 1.807) is 0 Å². The van der Waals surface area contributed by atoms with Crippen molar-refractivity contribution in [1.82, 2.24) is 9.97 Å². The van der Waals surface area contributed by atoms with Crippen molar-refractivity contribution in [3.05, 3.63) is 11.4 Å². The molecule has 102 valence electrons. The molecule has 1 aromatic heterocycles. The number of hydrogen-bond acceptors (Lipinski definition) is 5. The van der Waals surface area contributed by atoms with Gasteiger partial charge >= 0.3 is 0 Å². The van der Waals surface area contributed by atoms with Gasteiger partial charge in [-0.15, -0.1) is 0 Å². The number of aromatic nitrogens is 2. The molecule has 1 rings (SSSR count). The van der Waals surface area contributed by atoms with Crippen molar-refractivity contribution in [3.63, 3.8) is 0 Å². The zero-order chi connectivity index (χ0) is 13.9. The van der Waals surface area contributed by atoms with Crippen molar-refractivity contribution in [2.75, 3.05) is 24.3 Å². The number of hydrogen-bond donors (Lipinski definition) is 3. The summed E-state index contributed by atoms with van der Waals surface area (Å²) in [4.78, 5) is 9.10. The second-order valence-corrected chi connectivity index (χ2v) is 5.60. The number of nitrogens with zero attached hydrogens (tertiary/aromatic N) is 2. The van der Waals surface area contributed by atoms with E-state index in [1.165, 1.54) is 0 Å². The zero-order valence-electron chi connectivity index (χ0n) is 12.1. The smallest absolute Gasteiger partial charge is 0.138 e. The average Bonchev–Trinajstić information content (AvgIpc) is 2.30. The van der Waals surface area contributed by atoms with E-state index >= 15 is 0 Å². The maximum atomic E-state index is 9.12. The van der Waals surface area contributed by atoms with Crippen LogP contribution >= 0.6 is 0 Å². The first-order valence-corrected chi connectivity index (χ1v) is 6.23. The Morgan fingerprint density at radius 1 is 1.22 bits per heavy atom. The monoisotopic (exact) mass is 252 g/mol. The van der Waals surface area contributed by atoms with Crippen LogP contribution in [0, 0.1) is 6.92 Å². The molecule has 3 N–H and O–H groups in total. The molecule has 0 aliphatic rings. The van der Waals surface area contributed by atoms with Crippen molar-refractivity contribution < 1.29 is 5.11 Å². The zero-order valence-corrected chi connectivity index (χ0v) is 12.1. The lowest BCUT2D eigenvalue weighted by molar-refractivity contribution is 0.281. The Labute approximate surface area is 109 Å². The van der Waals surface area contributed by atoms with Crippen molar-refractivity contribution in [2.45, 2.75) is 46.1 Å². The first kappa shape index (κ1) is 14.7. The Kier molecular flexibility index (Phi) is 4.51. The summed E-state index contributed by atoms with van der Waals surface area (Å²) < 4.78 is 0. The van der Waals surface area contributed by atoms with Crippen LogP contribution in [0.5, 0.6) is 0 Å². The van der Waals surface area contributed by atoms with Crippen molar-refractivity contribution in [2.24, 2.45) is 0 Å². The minimum absolute atomic E-state index is 0.0314. The third-order valence-corrected chi connectivity index (χ3v) is 2.71. The Bertz CT molecular complexity index is 412. The number of anilines is 2. The van der Waals surface area contributed by atoms with Crippen LogP contribution in [0.2, 0.25) is 0 Å². The molecular formula is C13H24N4O. The summed E-state index contributed by atoms with van der Waals surface area (Å²) in [6, 6.07) is -0.0314. The topological polar surface area (TPSA) is 70.1 Å². The van der Waals surface area contributed by atoms with Gasteiger partial charge in [-0.05, 0) is 13.8 Å². The van der Waals surface area contributed by atoms with Gasteiger partial charge in [-0.2, -0.15) is 0 Å². The highest BCUT2D eigenvalue weighted by molar-refractivity contribution is 5.57. The van der Waals surface area contributed by atoms with E-state index in [9.17, 15) is 0 Å². The van der Waals surface area contributed by atoms with E-state index in [0.29, 0.717) is 0 Å². The predicted molar refractivity (Wildman–Crippen MR) is 75.2 cm³/mol. The third kappa shape index (κ3) is 3.32. The molecule has 0 amide bonds. The molecule has 5 nitrogen and oxygen atoms in total. The van der Waals surface area contributed by atoms with E-state index in [-0.39, 0.29) is 18.1 Å². The van der Waals surface area contributed by atoms with Crippen molar-refractivity contribution in [3.8, 4) is 0 Å².